The van der Waals surface area contributed by atoms with Crippen molar-refractivity contribution in [3.8, 4) is 11.4 Å². The van der Waals surface area contributed by atoms with Gasteiger partial charge in [0.15, 0.2) is 16.3 Å². The Morgan fingerprint density at radius 3 is 2.67 bits per heavy atom. The summed E-state index contributed by atoms with van der Waals surface area (Å²) in [6, 6.07) is 9.24. The van der Waals surface area contributed by atoms with Gasteiger partial charge in [0, 0.05) is 12.1 Å². The fraction of sp³-hybridized carbons (Fsp3) is 0.188. The smallest absolute Gasteiger partial charge is 0.182 e. The van der Waals surface area contributed by atoms with Crippen LogP contribution in [0.4, 0.5) is 4.39 Å². The fourth-order valence-corrected chi connectivity index (χ4v) is 2.77. The molecule has 0 bridgehead atoms. The lowest BCUT2D eigenvalue weighted by Crippen LogP contribution is -1.98. The van der Waals surface area contributed by atoms with E-state index in [-0.39, 0.29) is 5.75 Å². The van der Waals surface area contributed by atoms with Crippen molar-refractivity contribution in [1.82, 2.24) is 9.55 Å². The first kappa shape index (κ1) is 13.8. The number of aromatic amines is 1. The number of H-pyrrole nitrogens is 1. The molecule has 0 atom stereocenters. The van der Waals surface area contributed by atoms with Crippen LogP contribution in [0.3, 0.4) is 0 Å². The van der Waals surface area contributed by atoms with Gasteiger partial charge in [-0.2, -0.15) is 0 Å². The molecule has 0 aliphatic carbocycles. The van der Waals surface area contributed by atoms with Crippen molar-refractivity contribution in [1.29, 1.82) is 0 Å². The van der Waals surface area contributed by atoms with E-state index in [1.54, 1.807) is 6.07 Å². The molecule has 0 radical (unpaired) electrons. The zero-order chi connectivity index (χ0) is 15.1. The van der Waals surface area contributed by atoms with Crippen LogP contribution < -0.4 is 4.74 Å². The molecule has 3 nitrogen and oxygen atoms in total. The summed E-state index contributed by atoms with van der Waals surface area (Å²) in [5.41, 5.74) is 4.67. The first-order chi connectivity index (χ1) is 10.0. The number of hydrogen-bond donors (Lipinski definition) is 1. The number of hydrogen-bond acceptors (Lipinski definition) is 2. The van der Waals surface area contributed by atoms with Crippen molar-refractivity contribution >= 4 is 23.3 Å². The zero-order valence-electron chi connectivity index (χ0n) is 12.0. The van der Waals surface area contributed by atoms with Crippen molar-refractivity contribution in [3.05, 3.63) is 52.0 Å². The summed E-state index contributed by atoms with van der Waals surface area (Å²) < 4.78 is 21.3. The van der Waals surface area contributed by atoms with E-state index in [0.717, 1.165) is 22.3 Å². The molecular formula is C16H15FN2OS. The van der Waals surface area contributed by atoms with Crippen molar-refractivity contribution < 1.29 is 9.13 Å². The molecule has 21 heavy (non-hydrogen) atoms. The number of ether oxygens (including phenoxy) is 1. The molecule has 0 fully saturated rings. The van der Waals surface area contributed by atoms with Gasteiger partial charge in [-0.15, -0.1) is 0 Å². The number of fused-ring (bicyclic) bond motifs is 1. The third kappa shape index (κ3) is 2.23. The van der Waals surface area contributed by atoms with Crippen LogP contribution in [0, 0.1) is 24.4 Å². The number of nitrogens with zero attached hydrogens (tertiary/aromatic N) is 1. The van der Waals surface area contributed by atoms with Gasteiger partial charge in [-0.3, -0.25) is 4.57 Å². The first-order valence-electron chi connectivity index (χ1n) is 6.57. The van der Waals surface area contributed by atoms with Gasteiger partial charge >= 0.3 is 0 Å². The molecule has 0 spiro atoms. The number of halogens is 1. The van der Waals surface area contributed by atoms with Crippen LogP contribution in [0.1, 0.15) is 11.1 Å². The van der Waals surface area contributed by atoms with Gasteiger partial charge in [-0.25, -0.2) is 4.39 Å². The molecule has 1 N–H and O–H groups in total. The molecular weight excluding hydrogens is 287 g/mol. The largest absolute Gasteiger partial charge is 0.494 e. The van der Waals surface area contributed by atoms with Crippen molar-refractivity contribution in [3.63, 3.8) is 0 Å². The molecule has 0 saturated carbocycles. The second kappa shape index (κ2) is 5.00. The van der Waals surface area contributed by atoms with E-state index in [4.69, 9.17) is 17.0 Å². The molecule has 0 aliphatic heterocycles. The summed E-state index contributed by atoms with van der Waals surface area (Å²) in [6.45, 7) is 4.05. The normalized spacial score (nSPS) is 11.0. The standard InChI is InChI=1S/C16H15FN2OS/c1-9-4-5-10(2)13(6-9)19-14-8-15(20-3)11(17)7-12(14)18-16(19)21/h4-8H,1-3H3,(H,18,21). The maximum absolute atomic E-state index is 13.8. The van der Waals surface area contributed by atoms with Gasteiger partial charge in [0.05, 0.1) is 23.8 Å². The van der Waals surface area contributed by atoms with Crippen LogP contribution in [0.25, 0.3) is 16.7 Å². The highest BCUT2D eigenvalue weighted by Gasteiger charge is 2.13. The highest BCUT2D eigenvalue weighted by molar-refractivity contribution is 7.71. The maximum Gasteiger partial charge on any atom is 0.182 e. The predicted octanol–water partition coefficient (Wildman–Crippen LogP) is 4.45. The lowest BCUT2D eigenvalue weighted by molar-refractivity contribution is 0.387. The molecule has 3 rings (SSSR count). The SMILES string of the molecule is COc1cc2c(cc1F)[nH]c(=S)n2-c1cc(C)ccc1C. The van der Waals surface area contributed by atoms with E-state index in [1.165, 1.54) is 13.2 Å². The maximum atomic E-state index is 13.8. The average molecular weight is 302 g/mol. The van der Waals surface area contributed by atoms with E-state index >= 15 is 0 Å². The van der Waals surface area contributed by atoms with E-state index in [0.29, 0.717) is 10.3 Å². The van der Waals surface area contributed by atoms with Crippen LogP contribution in [0.15, 0.2) is 30.3 Å². The van der Waals surface area contributed by atoms with Gasteiger partial charge in [0.2, 0.25) is 0 Å². The number of methoxy groups -OCH3 is 1. The van der Waals surface area contributed by atoms with Crippen LogP contribution in [-0.2, 0) is 0 Å². The van der Waals surface area contributed by atoms with Crippen molar-refractivity contribution in [2.45, 2.75) is 13.8 Å². The Labute approximate surface area is 127 Å². The molecule has 0 saturated heterocycles. The average Bonchev–Trinajstić information content (AvgIpc) is 2.75. The highest BCUT2D eigenvalue weighted by atomic mass is 32.1. The van der Waals surface area contributed by atoms with Gasteiger partial charge in [-0.1, -0.05) is 12.1 Å². The van der Waals surface area contributed by atoms with Crippen LogP contribution in [-0.4, -0.2) is 16.7 Å². The molecule has 3 aromatic rings. The highest BCUT2D eigenvalue weighted by Crippen LogP contribution is 2.28. The van der Waals surface area contributed by atoms with Gasteiger partial charge in [0.1, 0.15) is 0 Å². The summed E-state index contributed by atoms with van der Waals surface area (Å²) in [5.74, 6) is -0.204. The Morgan fingerprint density at radius 2 is 1.95 bits per heavy atom. The number of nitrogens with one attached hydrogen (secondary N) is 1. The topological polar surface area (TPSA) is 29.9 Å². The minimum atomic E-state index is -0.408. The number of benzene rings is 2. The fourth-order valence-electron chi connectivity index (χ4n) is 2.46. The van der Waals surface area contributed by atoms with Crippen LogP contribution in [0.2, 0.25) is 0 Å². The Morgan fingerprint density at radius 1 is 1.19 bits per heavy atom. The summed E-state index contributed by atoms with van der Waals surface area (Å²) in [4.78, 5) is 3.05. The molecule has 1 heterocycles. The predicted molar refractivity (Wildman–Crippen MR) is 84.4 cm³/mol. The lowest BCUT2D eigenvalue weighted by Gasteiger charge is -2.10. The second-order valence-electron chi connectivity index (χ2n) is 5.06. The Kier molecular flexibility index (Phi) is 3.29. The molecule has 0 aliphatic rings. The zero-order valence-corrected chi connectivity index (χ0v) is 12.8. The van der Waals surface area contributed by atoms with Gasteiger partial charge in [-0.05, 0) is 43.3 Å². The van der Waals surface area contributed by atoms with E-state index in [2.05, 4.69) is 17.1 Å². The molecule has 108 valence electrons. The van der Waals surface area contributed by atoms with E-state index in [9.17, 15) is 4.39 Å². The second-order valence-corrected chi connectivity index (χ2v) is 5.45. The molecule has 5 heteroatoms. The number of aromatic nitrogens is 2. The van der Waals surface area contributed by atoms with E-state index < -0.39 is 5.82 Å². The van der Waals surface area contributed by atoms with Crippen molar-refractivity contribution in [2.24, 2.45) is 0 Å². The Balaban J connectivity index is 2.39. The lowest BCUT2D eigenvalue weighted by atomic mass is 10.1. The third-order valence-corrected chi connectivity index (χ3v) is 3.85. The minimum absolute atomic E-state index is 0.204. The summed E-state index contributed by atoms with van der Waals surface area (Å²) in [6.07, 6.45) is 0. The van der Waals surface area contributed by atoms with E-state index in [1.807, 2.05) is 24.5 Å². The molecule has 0 amide bonds. The van der Waals surface area contributed by atoms with Crippen LogP contribution >= 0.6 is 12.2 Å². The van der Waals surface area contributed by atoms with Crippen molar-refractivity contribution in [2.75, 3.05) is 7.11 Å². The van der Waals surface area contributed by atoms with Gasteiger partial charge in [0.25, 0.3) is 0 Å². The Bertz CT molecular complexity index is 895. The number of aryl methyl sites for hydroxylation is 2. The third-order valence-electron chi connectivity index (χ3n) is 3.56. The quantitative estimate of drug-likeness (QED) is 0.709. The number of imidazole rings is 1. The summed E-state index contributed by atoms with van der Waals surface area (Å²) in [7, 11) is 1.45. The number of rotatable bonds is 2. The Hall–Kier alpha value is -2.14. The summed E-state index contributed by atoms with van der Waals surface area (Å²) in [5, 5.41) is 0. The molecule has 0 unspecified atom stereocenters. The van der Waals surface area contributed by atoms with Crippen LogP contribution in [0.5, 0.6) is 5.75 Å². The minimum Gasteiger partial charge on any atom is -0.494 e. The first-order valence-corrected chi connectivity index (χ1v) is 6.98. The van der Waals surface area contributed by atoms with Gasteiger partial charge < -0.3 is 9.72 Å². The molecule has 1 aromatic heterocycles. The monoisotopic (exact) mass is 302 g/mol. The summed E-state index contributed by atoms with van der Waals surface area (Å²) >= 11 is 5.40. The molecule has 2 aromatic carbocycles.